The van der Waals surface area contributed by atoms with Crippen molar-refractivity contribution in [2.75, 3.05) is 26.7 Å². The molecule has 0 spiro atoms. The molecule has 0 radical (unpaired) electrons. The number of benzene rings is 1. The summed E-state index contributed by atoms with van der Waals surface area (Å²) in [5.74, 6) is 0.957. The summed E-state index contributed by atoms with van der Waals surface area (Å²) in [6, 6.07) is 10.8. The smallest absolute Gasteiger partial charge is 0.124 e. The molecule has 0 saturated carbocycles. The lowest BCUT2D eigenvalue weighted by molar-refractivity contribution is 0.149. The van der Waals surface area contributed by atoms with E-state index in [9.17, 15) is 0 Å². The molecule has 1 saturated heterocycles. The predicted molar refractivity (Wildman–Crippen MR) is 104 cm³/mol. The number of hydrogen-bond acceptors (Lipinski definition) is 6. The van der Waals surface area contributed by atoms with Crippen LogP contribution in [0.4, 0.5) is 0 Å². The minimum absolute atomic E-state index is 0.302. The van der Waals surface area contributed by atoms with E-state index >= 15 is 0 Å². The topological polar surface area (TPSA) is 37.4 Å². The van der Waals surface area contributed by atoms with Gasteiger partial charge in [-0.25, -0.2) is 4.98 Å². The summed E-state index contributed by atoms with van der Waals surface area (Å²) in [6.07, 6.45) is 0. The molecular weight excluding hydrogens is 350 g/mol. The van der Waals surface area contributed by atoms with Crippen molar-refractivity contribution >= 4 is 22.7 Å². The largest absolute Gasteiger partial charge is 0.496 e. The van der Waals surface area contributed by atoms with Gasteiger partial charge in [-0.1, -0.05) is 18.2 Å². The molecule has 0 amide bonds. The molecule has 1 aliphatic heterocycles. The first-order valence-electron chi connectivity index (χ1n) is 8.40. The third-order valence-electron chi connectivity index (χ3n) is 4.54. The van der Waals surface area contributed by atoms with Crippen molar-refractivity contribution in [3.05, 3.63) is 57.7 Å². The van der Waals surface area contributed by atoms with Gasteiger partial charge in [-0.2, -0.15) is 11.3 Å². The van der Waals surface area contributed by atoms with Gasteiger partial charge in [0.2, 0.25) is 0 Å². The van der Waals surface area contributed by atoms with Crippen LogP contribution < -0.4 is 10.1 Å². The summed E-state index contributed by atoms with van der Waals surface area (Å²) in [6.45, 7) is 3.81. The summed E-state index contributed by atoms with van der Waals surface area (Å²) < 4.78 is 5.58. The Hall–Kier alpha value is -1.73. The zero-order chi connectivity index (χ0) is 17.1. The maximum atomic E-state index is 5.58. The lowest BCUT2D eigenvalue weighted by Gasteiger charge is -2.36. The van der Waals surface area contributed by atoms with Crippen LogP contribution >= 0.6 is 22.7 Å². The van der Waals surface area contributed by atoms with Crippen molar-refractivity contribution in [3.8, 4) is 16.3 Å². The molecule has 1 aliphatic rings. The van der Waals surface area contributed by atoms with Crippen molar-refractivity contribution in [2.24, 2.45) is 0 Å². The van der Waals surface area contributed by atoms with Gasteiger partial charge in [-0.15, -0.1) is 11.3 Å². The Morgan fingerprint density at radius 1 is 1.28 bits per heavy atom. The third kappa shape index (κ3) is 3.62. The fourth-order valence-corrected chi connectivity index (χ4v) is 4.81. The SMILES string of the molecule is COc1ccccc1C1CNCCN1Cc1csc(-c2ccsc2)n1. The highest BCUT2D eigenvalue weighted by Gasteiger charge is 2.26. The van der Waals surface area contributed by atoms with Crippen molar-refractivity contribution in [3.63, 3.8) is 0 Å². The van der Waals surface area contributed by atoms with Gasteiger partial charge in [0.15, 0.2) is 0 Å². The van der Waals surface area contributed by atoms with Crippen molar-refractivity contribution in [1.82, 2.24) is 15.2 Å². The second kappa shape index (κ2) is 7.66. The van der Waals surface area contributed by atoms with E-state index in [1.807, 2.05) is 12.1 Å². The number of hydrogen-bond donors (Lipinski definition) is 1. The van der Waals surface area contributed by atoms with E-state index in [1.54, 1.807) is 29.8 Å². The quantitative estimate of drug-likeness (QED) is 0.735. The minimum atomic E-state index is 0.302. The number of nitrogens with zero attached hydrogens (tertiary/aromatic N) is 2. The Labute approximate surface area is 156 Å². The van der Waals surface area contributed by atoms with Gasteiger partial charge in [0.1, 0.15) is 10.8 Å². The molecule has 3 heterocycles. The summed E-state index contributed by atoms with van der Waals surface area (Å²) in [7, 11) is 1.74. The van der Waals surface area contributed by atoms with Crippen LogP contribution in [0.25, 0.3) is 10.6 Å². The van der Waals surface area contributed by atoms with Gasteiger partial charge in [-0.3, -0.25) is 4.90 Å². The number of piperazine rings is 1. The molecule has 4 rings (SSSR count). The van der Waals surface area contributed by atoms with Gasteiger partial charge in [0.25, 0.3) is 0 Å². The lowest BCUT2D eigenvalue weighted by atomic mass is 10.0. The number of ether oxygens (including phenoxy) is 1. The second-order valence-electron chi connectivity index (χ2n) is 6.09. The zero-order valence-electron chi connectivity index (χ0n) is 14.1. The summed E-state index contributed by atoms with van der Waals surface area (Å²) in [4.78, 5) is 7.35. The third-order valence-corrected chi connectivity index (χ3v) is 6.16. The second-order valence-corrected chi connectivity index (χ2v) is 7.73. The molecule has 4 nitrogen and oxygen atoms in total. The van der Waals surface area contributed by atoms with Crippen LogP contribution in [0.3, 0.4) is 0 Å². The fraction of sp³-hybridized carbons (Fsp3) is 0.316. The van der Waals surface area contributed by atoms with Crippen LogP contribution in [0.2, 0.25) is 0 Å². The van der Waals surface area contributed by atoms with E-state index in [0.29, 0.717) is 6.04 Å². The Balaban J connectivity index is 1.55. The van der Waals surface area contributed by atoms with E-state index < -0.39 is 0 Å². The number of thiazole rings is 1. The van der Waals surface area contributed by atoms with E-state index in [0.717, 1.165) is 42.6 Å². The van der Waals surface area contributed by atoms with Crippen LogP contribution in [-0.2, 0) is 6.54 Å². The predicted octanol–water partition coefficient (Wildman–Crippen LogP) is 4.03. The van der Waals surface area contributed by atoms with E-state index in [-0.39, 0.29) is 0 Å². The molecule has 0 bridgehead atoms. The zero-order valence-corrected chi connectivity index (χ0v) is 15.8. The Morgan fingerprint density at radius 3 is 3.04 bits per heavy atom. The first-order valence-corrected chi connectivity index (χ1v) is 10.2. The molecular formula is C19H21N3OS2. The maximum absolute atomic E-state index is 5.58. The Kier molecular flexibility index (Phi) is 5.12. The minimum Gasteiger partial charge on any atom is -0.496 e. The number of rotatable bonds is 5. The summed E-state index contributed by atoms with van der Waals surface area (Å²) in [5.41, 5.74) is 3.61. The molecule has 6 heteroatoms. The van der Waals surface area contributed by atoms with Crippen molar-refractivity contribution < 1.29 is 4.74 Å². The van der Waals surface area contributed by atoms with Crippen LogP contribution in [0.15, 0.2) is 46.5 Å². The van der Waals surface area contributed by atoms with E-state index in [4.69, 9.17) is 9.72 Å². The number of thiophene rings is 1. The number of nitrogens with one attached hydrogen (secondary N) is 1. The molecule has 1 atom stereocenters. The number of methoxy groups -OCH3 is 1. The Morgan fingerprint density at radius 2 is 2.20 bits per heavy atom. The van der Waals surface area contributed by atoms with Gasteiger partial charge < -0.3 is 10.1 Å². The molecule has 0 aliphatic carbocycles. The molecule has 130 valence electrons. The highest BCUT2D eigenvalue weighted by Crippen LogP contribution is 2.32. The van der Waals surface area contributed by atoms with Gasteiger partial charge in [-0.05, 0) is 17.5 Å². The van der Waals surface area contributed by atoms with Gasteiger partial charge >= 0.3 is 0 Å². The molecule has 3 aromatic rings. The van der Waals surface area contributed by atoms with Crippen LogP contribution in [0, 0.1) is 0 Å². The molecule has 25 heavy (non-hydrogen) atoms. The lowest BCUT2D eigenvalue weighted by Crippen LogP contribution is -2.45. The number of para-hydroxylation sites is 1. The fourth-order valence-electron chi connectivity index (χ4n) is 3.29. The average molecular weight is 372 g/mol. The summed E-state index contributed by atoms with van der Waals surface area (Å²) >= 11 is 3.44. The summed E-state index contributed by atoms with van der Waals surface area (Å²) in [5, 5.41) is 11.1. The highest BCUT2D eigenvalue weighted by atomic mass is 32.1. The van der Waals surface area contributed by atoms with Crippen LogP contribution in [0.5, 0.6) is 5.75 Å². The molecule has 1 unspecified atom stereocenters. The average Bonchev–Trinajstić information content (AvgIpc) is 3.34. The Bertz CT molecular complexity index is 816. The first-order chi connectivity index (χ1) is 12.3. The molecule has 1 fully saturated rings. The monoisotopic (exact) mass is 371 g/mol. The van der Waals surface area contributed by atoms with Crippen molar-refractivity contribution in [2.45, 2.75) is 12.6 Å². The van der Waals surface area contributed by atoms with Crippen molar-refractivity contribution in [1.29, 1.82) is 0 Å². The van der Waals surface area contributed by atoms with Gasteiger partial charge in [0, 0.05) is 48.1 Å². The molecule has 1 aromatic carbocycles. The maximum Gasteiger partial charge on any atom is 0.124 e. The molecule has 1 N–H and O–H groups in total. The normalized spacial score (nSPS) is 18.4. The molecule has 2 aromatic heterocycles. The highest BCUT2D eigenvalue weighted by molar-refractivity contribution is 7.14. The van der Waals surface area contributed by atoms with Gasteiger partial charge in [0.05, 0.1) is 18.8 Å². The van der Waals surface area contributed by atoms with Crippen LogP contribution in [-0.4, -0.2) is 36.6 Å². The van der Waals surface area contributed by atoms with E-state index in [2.05, 4.69) is 44.6 Å². The first kappa shape index (κ1) is 16.7. The van der Waals surface area contributed by atoms with Crippen LogP contribution in [0.1, 0.15) is 17.3 Å². The number of aromatic nitrogens is 1. The van der Waals surface area contributed by atoms with E-state index in [1.165, 1.54) is 11.1 Å². The standard InChI is InChI=1S/C19H21N3OS2/c1-23-18-5-3-2-4-16(18)17-10-20-7-8-22(17)11-15-13-25-19(21-15)14-6-9-24-12-14/h2-6,9,12-13,17,20H,7-8,10-11H2,1H3.